The first-order chi connectivity index (χ1) is 13.2. The van der Waals surface area contributed by atoms with Crippen LogP contribution in [-0.2, 0) is 13.6 Å². The summed E-state index contributed by atoms with van der Waals surface area (Å²) in [5.41, 5.74) is 4.36. The third-order valence-electron chi connectivity index (χ3n) is 5.13. The maximum Gasteiger partial charge on any atom is 0.119 e. The number of ether oxygens (including phenoxy) is 1. The molecule has 0 spiro atoms. The smallest absolute Gasteiger partial charge is 0.119 e. The van der Waals surface area contributed by atoms with Crippen LogP contribution < -0.4 is 4.74 Å². The summed E-state index contributed by atoms with van der Waals surface area (Å²) in [4.78, 5) is 11.9. The average Bonchev–Trinajstić information content (AvgIpc) is 3.13. The van der Waals surface area contributed by atoms with Gasteiger partial charge in [0.1, 0.15) is 5.75 Å². The van der Waals surface area contributed by atoms with Crippen molar-refractivity contribution in [1.29, 1.82) is 0 Å². The summed E-state index contributed by atoms with van der Waals surface area (Å²) in [6, 6.07) is 8.06. The van der Waals surface area contributed by atoms with E-state index in [1.165, 1.54) is 12.0 Å². The van der Waals surface area contributed by atoms with Gasteiger partial charge in [-0.1, -0.05) is 12.1 Å². The normalized spacial score (nSPS) is 17.8. The summed E-state index contributed by atoms with van der Waals surface area (Å²) >= 11 is 0. The summed E-state index contributed by atoms with van der Waals surface area (Å²) in [5, 5.41) is 4.29. The second-order valence-electron chi connectivity index (χ2n) is 7.12. The van der Waals surface area contributed by atoms with Crippen LogP contribution in [0.15, 0.2) is 49.1 Å². The Balaban J connectivity index is 1.57. The van der Waals surface area contributed by atoms with Gasteiger partial charge in [-0.05, 0) is 31.5 Å². The van der Waals surface area contributed by atoms with Crippen LogP contribution in [0.2, 0.25) is 0 Å². The number of benzene rings is 1. The summed E-state index contributed by atoms with van der Waals surface area (Å²) in [5.74, 6) is 1.22. The fraction of sp³-hybridized carbons (Fsp3) is 0.381. The molecule has 0 radical (unpaired) electrons. The van der Waals surface area contributed by atoms with Crippen LogP contribution in [-0.4, -0.2) is 44.8 Å². The number of hydrogen-bond donors (Lipinski definition) is 0. The van der Waals surface area contributed by atoms with E-state index in [9.17, 15) is 0 Å². The van der Waals surface area contributed by atoms with E-state index in [0.29, 0.717) is 5.92 Å². The fourth-order valence-corrected chi connectivity index (χ4v) is 3.87. The van der Waals surface area contributed by atoms with Crippen molar-refractivity contribution in [2.75, 3.05) is 20.2 Å². The highest BCUT2D eigenvalue weighted by Crippen LogP contribution is 2.33. The van der Waals surface area contributed by atoms with Gasteiger partial charge in [0.05, 0.1) is 24.7 Å². The number of likely N-dealkylation sites (tertiary alicyclic amines) is 1. The molecule has 27 heavy (non-hydrogen) atoms. The number of aryl methyl sites for hydroxylation is 1. The van der Waals surface area contributed by atoms with Crippen molar-refractivity contribution in [2.24, 2.45) is 7.05 Å². The number of rotatable bonds is 5. The lowest BCUT2D eigenvalue weighted by atomic mass is 9.91. The second-order valence-corrected chi connectivity index (χ2v) is 7.12. The maximum absolute atomic E-state index is 5.38. The van der Waals surface area contributed by atoms with Gasteiger partial charge in [-0.15, -0.1) is 0 Å². The van der Waals surface area contributed by atoms with Crippen LogP contribution >= 0.6 is 0 Å². The lowest BCUT2D eigenvalue weighted by Crippen LogP contribution is -2.34. The highest BCUT2D eigenvalue weighted by atomic mass is 16.5. The average molecular weight is 363 g/mol. The van der Waals surface area contributed by atoms with Crippen molar-refractivity contribution in [2.45, 2.75) is 25.3 Å². The van der Waals surface area contributed by atoms with E-state index in [2.05, 4.69) is 27.2 Å². The van der Waals surface area contributed by atoms with Crippen LogP contribution in [0.5, 0.6) is 5.75 Å². The highest BCUT2D eigenvalue weighted by molar-refractivity contribution is 5.64. The number of nitrogens with zero attached hydrogens (tertiary/aromatic N) is 5. The minimum absolute atomic E-state index is 0.380. The lowest BCUT2D eigenvalue weighted by molar-refractivity contribution is 0.198. The Labute approximate surface area is 159 Å². The van der Waals surface area contributed by atoms with Gasteiger partial charge in [-0.25, -0.2) is 0 Å². The predicted octanol–water partition coefficient (Wildman–Crippen LogP) is 3.27. The molecule has 2 aromatic heterocycles. The molecular weight excluding hydrogens is 338 g/mol. The molecule has 4 rings (SSSR count). The first-order valence-electron chi connectivity index (χ1n) is 9.38. The molecule has 1 saturated heterocycles. The molecule has 1 unspecified atom stereocenters. The zero-order valence-corrected chi connectivity index (χ0v) is 15.9. The van der Waals surface area contributed by atoms with E-state index in [1.54, 1.807) is 19.5 Å². The van der Waals surface area contributed by atoms with Crippen molar-refractivity contribution < 1.29 is 4.74 Å². The topological polar surface area (TPSA) is 56.1 Å². The fourth-order valence-electron chi connectivity index (χ4n) is 3.87. The summed E-state index contributed by atoms with van der Waals surface area (Å²) in [7, 11) is 3.65. The molecule has 1 fully saturated rings. The molecule has 140 valence electrons. The minimum Gasteiger partial charge on any atom is -0.497 e. The molecule has 0 amide bonds. The number of aromatic nitrogens is 4. The molecule has 6 nitrogen and oxygen atoms in total. The molecule has 1 aromatic carbocycles. The van der Waals surface area contributed by atoms with Crippen molar-refractivity contribution in [1.82, 2.24) is 24.6 Å². The van der Waals surface area contributed by atoms with Gasteiger partial charge in [0, 0.05) is 55.8 Å². The second kappa shape index (κ2) is 7.88. The number of methoxy groups -OCH3 is 1. The molecular formula is C21H25N5O. The Bertz CT molecular complexity index is 907. The van der Waals surface area contributed by atoms with Gasteiger partial charge >= 0.3 is 0 Å². The predicted molar refractivity (Wildman–Crippen MR) is 104 cm³/mol. The third-order valence-corrected chi connectivity index (χ3v) is 5.13. The van der Waals surface area contributed by atoms with Crippen molar-refractivity contribution >= 4 is 0 Å². The molecule has 3 aromatic rings. The Morgan fingerprint density at radius 3 is 2.93 bits per heavy atom. The van der Waals surface area contributed by atoms with Crippen molar-refractivity contribution in [3.05, 3.63) is 60.3 Å². The zero-order chi connectivity index (χ0) is 18.6. The van der Waals surface area contributed by atoms with E-state index in [-0.39, 0.29) is 0 Å². The van der Waals surface area contributed by atoms with Gasteiger partial charge in [-0.2, -0.15) is 5.10 Å². The molecule has 0 N–H and O–H groups in total. The van der Waals surface area contributed by atoms with Gasteiger partial charge in [0.25, 0.3) is 0 Å². The van der Waals surface area contributed by atoms with Gasteiger partial charge in [0.2, 0.25) is 0 Å². The van der Waals surface area contributed by atoms with Crippen LogP contribution in [0, 0.1) is 0 Å². The molecule has 0 saturated carbocycles. The maximum atomic E-state index is 5.38. The third kappa shape index (κ3) is 4.01. The van der Waals surface area contributed by atoms with E-state index in [0.717, 1.165) is 48.8 Å². The van der Waals surface area contributed by atoms with E-state index in [1.807, 2.05) is 36.1 Å². The standard InChI is InChI=1S/C21H25N5O/c1-25-13-16(12-24-25)14-26-10-4-6-18(15-26)21-20(22-8-9-23-21)17-5-3-7-19(11-17)27-2/h3,5,7-9,11-13,18H,4,6,10,14-15H2,1-2H3. The Kier molecular flexibility index (Phi) is 5.16. The Morgan fingerprint density at radius 2 is 2.11 bits per heavy atom. The van der Waals surface area contributed by atoms with Crippen LogP contribution in [0.25, 0.3) is 11.3 Å². The van der Waals surface area contributed by atoms with Gasteiger partial charge < -0.3 is 4.74 Å². The zero-order valence-electron chi connectivity index (χ0n) is 15.9. The largest absolute Gasteiger partial charge is 0.497 e. The molecule has 3 heterocycles. The van der Waals surface area contributed by atoms with Gasteiger partial charge in [0.15, 0.2) is 0 Å². The quantitative estimate of drug-likeness (QED) is 0.696. The molecule has 1 aliphatic rings. The summed E-state index contributed by atoms with van der Waals surface area (Å²) < 4.78 is 7.24. The molecule has 1 atom stereocenters. The molecule has 6 heteroatoms. The van der Waals surface area contributed by atoms with E-state index in [4.69, 9.17) is 9.72 Å². The summed E-state index contributed by atoms with van der Waals surface area (Å²) in [6.45, 7) is 3.03. The Morgan fingerprint density at radius 1 is 1.22 bits per heavy atom. The number of piperidine rings is 1. The summed E-state index contributed by atoms with van der Waals surface area (Å²) in [6.07, 6.45) is 9.92. The first kappa shape index (κ1) is 17.7. The number of hydrogen-bond acceptors (Lipinski definition) is 5. The monoisotopic (exact) mass is 363 g/mol. The van der Waals surface area contributed by atoms with E-state index < -0.39 is 0 Å². The van der Waals surface area contributed by atoms with Gasteiger partial charge in [-0.3, -0.25) is 19.5 Å². The SMILES string of the molecule is COc1cccc(-c2nccnc2C2CCCN(Cc3cnn(C)c3)C2)c1. The van der Waals surface area contributed by atoms with Crippen LogP contribution in [0.1, 0.15) is 30.0 Å². The highest BCUT2D eigenvalue weighted by Gasteiger charge is 2.25. The minimum atomic E-state index is 0.380. The lowest BCUT2D eigenvalue weighted by Gasteiger charge is -2.32. The molecule has 1 aliphatic heterocycles. The van der Waals surface area contributed by atoms with E-state index >= 15 is 0 Å². The van der Waals surface area contributed by atoms with Crippen LogP contribution in [0.4, 0.5) is 0 Å². The van der Waals surface area contributed by atoms with Crippen LogP contribution in [0.3, 0.4) is 0 Å². The Hall–Kier alpha value is -2.73. The van der Waals surface area contributed by atoms with Crippen molar-refractivity contribution in [3.8, 4) is 17.0 Å². The molecule has 0 bridgehead atoms. The molecule has 0 aliphatic carbocycles. The first-order valence-corrected chi connectivity index (χ1v) is 9.38. The van der Waals surface area contributed by atoms with Crippen molar-refractivity contribution in [3.63, 3.8) is 0 Å².